The molecule has 1 aromatic heterocycles. The van der Waals surface area contributed by atoms with E-state index in [2.05, 4.69) is 39.9 Å². The maximum absolute atomic E-state index is 8.95. The van der Waals surface area contributed by atoms with Crippen molar-refractivity contribution in [3.05, 3.63) is 40.3 Å². The van der Waals surface area contributed by atoms with E-state index in [1.165, 1.54) is 17.8 Å². The van der Waals surface area contributed by atoms with E-state index in [1.807, 2.05) is 11.9 Å². The molecule has 0 spiro atoms. The fourth-order valence-electron chi connectivity index (χ4n) is 2.23. The molecule has 0 aliphatic heterocycles. The molecule has 5 heteroatoms. The fraction of sp³-hybridized carbons (Fsp3) is 0.438. The van der Waals surface area contributed by atoms with Crippen molar-refractivity contribution in [3.63, 3.8) is 0 Å². The molecule has 2 N–H and O–H groups in total. The third kappa shape index (κ3) is 3.74. The Balaban J connectivity index is 1.54. The molecule has 1 aliphatic carbocycles. The Labute approximate surface area is 129 Å². The highest BCUT2D eigenvalue weighted by Crippen LogP contribution is 2.41. The summed E-state index contributed by atoms with van der Waals surface area (Å²) in [6.45, 7) is 1.59. The Bertz CT molecular complexity index is 577. The van der Waals surface area contributed by atoms with Gasteiger partial charge in [0, 0.05) is 36.3 Å². The number of nitrogens with zero attached hydrogens (tertiary/aromatic N) is 2. The van der Waals surface area contributed by atoms with Gasteiger partial charge in [0.25, 0.3) is 0 Å². The smallest absolute Gasteiger partial charge is 0.0960 e. The Morgan fingerprint density at radius 1 is 1.33 bits per heavy atom. The van der Waals surface area contributed by atoms with Gasteiger partial charge in [-0.05, 0) is 37.1 Å². The van der Waals surface area contributed by atoms with Crippen LogP contribution < -0.4 is 10.2 Å². The van der Waals surface area contributed by atoms with Gasteiger partial charge in [0.05, 0.1) is 23.9 Å². The number of aromatic nitrogens is 1. The first-order valence-electron chi connectivity index (χ1n) is 7.36. The van der Waals surface area contributed by atoms with Crippen molar-refractivity contribution < 1.29 is 5.11 Å². The van der Waals surface area contributed by atoms with Crippen LogP contribution >= 0.6 is 11.3 Å². The normalized spacial score (nSPS) is 14.2. The molecule has 0 saturated heterocycles. The molecule has 0 bridgehead atoms. The van der Waals surface area contributed by atoms with E-state index in [0.29, 0.717) is 6.54 Å². The second-order valence-corrected chi connectivity index (χ2v) is 6.39. The lowest BCUT2D eigenvalue weighted by Gasteiger charge is -2.18. The van der Waals surface area contributed by atoms with Crippen LogP contribution in [-0.2, 0) is 6.54 Å². The Kier molecular flexibility index (Phi) is 4.41. The van der Waals surface area contributed by atoms with E-state index in [9.17, 15) is 0 Å². The second-order valence-electron chi connectivity index (χ2n) is 5.50. The van der Waals surface area contributed by atoms with Crippen LogP contribution in [0.15, 0.2) is 29.6 Å². The SMILES string of the molecule is CN(CCO)c1ccc(NCc2csc(C3CC3)n2)cc1. The Hall–Kier alpha value is -1.59. The minimum Gasteiger partial charge on any atom is -0.395 e. The zero-order valence-corrected chi connectivity index (χ0v) is 13.1. The van der Waals surface area contributed by atoms with E-state index >= 15 is 0 Å². The minimum atomic E-state index is 0.170. The molecule has 0 amide bonds. The highest BCUT2D eigenvalue weighted by atomic mass is 32.1. The van der Waals surface area contributed by atoms with Gasteiger partial charge in [0.1, 0.15) is 0 Å². The van der Waals surface area contributed by atoms with Crippen molar-refractivity contribution >= 4 is 22.7 Å². The van der Waals surface area contributed by atoms with E-state index in [4.69, 9.17) is 5.11 Å². The molecule has 3 rings (SSSR count). The number of likely N-dealkylation sites (N-methyl/N-ethyl adjacent to an activating group) is 1. The van der Waals surface area contributed by atoms with Gasteiger partial charge in [-0.3, -0.25) is 0 Å². The number of aliphatic hydroxyl groups excluding tert-OH is 1. The minimum absolute atomic E-state index is 0.170. The number of rotatable bonds is 7. The third-order valence-corrected chi connectivity index (χ3v) is 4.77. The maximum Gasteiger partial charge on any atom is 0.0960 e. The van der Waals surface area contributed by atoms with E-state index < -0.39 is 0 Å². The number of hydrogen-bond donors (Lipinski definition) is 2. The van der Waals surface area contributed by atoms with Gasteiger partial charge in [-0.2, -0.15) is 0 Å². The van der Waals surface area contributed by atoms with Crippen LogP contribution in [0.4, 0.5) is 11.4 Å². The molecule has 0 radical (unpaired) electrons. The first-order chi connectivity index (χ1) is 10.3. The Morgan fingerprint density at radius 2 is 2.10 bits per heavy atom. The van der Waals surface area contributed by atoms with E-state index in [1.54, 1.807) is 11.3 Å². The van der Waals surface area contributed by atoms with Crippen molar-refractivity contribution in [2.75, 3.05) is 30.4 Å². The summed E-state index contributed by atoms with van der Waals surface area (Å²) in [5, 5.41) is 15.8. The van der Waals surface area contributed by atoms with Crippen LogP contribution in [0, 0.1) is 0 Å². The number of anilines is 2. The first-order valence-corrected chi connectivity index (χ1v) is 8.24. The van der Waals surface area contributed by atoms with Crippen molar-refractivity contribution in [2.24, 2.45) is 0 Å². The number of aliphatic hydroxyl groups is 1. The largest absolute Gasteiger partial charge is 0.395 e. The number of thiazole rings is 1. The van der Waals surface area contributed by atoms with Gasteiger partial charge in [0.15, 0.2) is 0 Å². The average molecular weight is 303 g/mol. The highest BCUT2D eigenvalue weighted by molar-refractivity contribution is 7.09. The van der Waals surface area contributed by atoms with Crippen LogP contribution in [0.3, 0.4) is 0 Å². The number of hydrogen-bond acceptors (Lipinski definition) is 5. The predicted molar refractivity (Wildman–Crippen MR) is 88.2 cm³/mol. The van der Waals surface area contributed by atoms with Gasteiger partial charge >= 0.3 is 0 Å². The maximum atomic E-state index is 8.95. The molecule has 4 nitrogen and oxygen atoms in total. The molecule has 112 valence electrons. The quantitative estimate of drug-likeness (QED) is 0.825. The summed E-state index contributed by atoms with van der Waals surface area (Å²) < 4.78 is 0. The topological polar surface area (TPSA) is 48.4 Å². The van der Waals surface area contributed by atoms with Crippen LogP contribution in [-0.4, -0.2) is 30.3 Å². The molecule has 1 heterocycles. The molecule has 21 heavy (non-hydrogen) atoms. The van der Waals surface area contributed by atoms with E-state index in [0.717, 1.165) is 29.5 Å². The molecule has 2 aromatic rings. The molecule has 1 fully saturated rings. The predicted octanol–water partition coefficient (Wildman–Crippen LogP) is 3.06. The summed E-state index contributed by atoms with van der Waals surface area (Å²) in [5.74, 6) is 0.741. The average Bonchev–Trinajstić information content (AvgIpc) is 3.25. The first kappa shape index (κ1) is 14.4. The summed E-state index contributed by atoms with van der Waals surface area (Å²) in [4.78, 5) is 6.71. The zero-order valence-electron chi connectivity index (χ0n) is 12.2. The third-order valence-electron chi connectivity index (χ3n) is 3.71. The second kappa shape index (κ2) is 6.45. The molecule has 1 saturated carbocycles. The van der Waals surface area contributed by atoms with Gasteiger partial charge < -0.3 is 15.3 Å². The highest BCUT2D eigenvalue weighted by Gasteiger charge is 2.26. The van der Waals surface area contributed by atoms with Gasteiger partial charge in [-0.25, -0.2) is 4.98 Å². The lowest BCUT2D eigenvalue weighted by Crippen LogP contribution is -2.20. The van der Waals surface area contributed by atoms with E-state index in [-0.39, 0.29) is 6.61 Å². The molecular weight excluding hydrogens is 282 g/mol. The summed E-state index contributed by atoms with van der Waals surface area (Å²) in [6.07, 6.45) is 2.62. The molecular formula is C16H21N3OS. The van der Waals surface area contributed by atoms with Gasteiger partial charge in [0.2, 0.25) is 0 Å². The number of benzene rings is 1. The molecule has 1 aromatic carbocycles. The van der Waals surface area contributed by atoms with Crippen LogP contribution in [0.25, 0.3) is 0 Å². The number of nitrogens with one attached hydrogen (secondary N) is 1. The summed E-state index contributed by atoms with van der Waals surface area (Å²) in [7, 11) is 1.98. The van der Waals surface area contributed by atoms with Crippen molar-refractivity contribution in [3.8, 4) is 0 Å². The zero-order chi connectivity index (χ0) is 14.7. The fourth-order valence-corrected chi connectivity index (χ4v) is 3.22. The summed E-state index contributed by atoms with van der Waals surface area (Å²) in [5.41, 5.74) is 3.33. The van der Waals surface area contributed by atoms with Crippen LogP contribution in [0.1, 0.15) is 29.5 Å². The Morgan fingerprint density at radius 3 is 2.76 bits per heavy atom. The molecule has 1 aliphatic rings. The van der Waals surface area contributed by atoms with Crippen molar-refractivity contribution in [2.45, 2.75) is 25.3 Å². The molecule has 0 atom stereocenters. The van der Waals surface area contributed by atoms with Crippen molar-refractivity contribution in [1.29, 1.82) is 0 Å². The standard InChI is InChI=1S/C16H21N3OS/c1-19(8-9-20)15-6-4-13(5-7-15)17-10-14-11-21-16(18-14)12-2-3-12/h4-7,11-12,17,20H,2-3,8-10H2,1H3. The lowest BCUT2D eigenvalue weighted by atomic mass is 10.2. The lowest BCUT2D eigenvalue weighted by molar-refractivity contribution is 0.304. The van der Waals surface area contributed by atoms with Crippen molar-refractivity contribution in [1.82, 2.24) is 4.98 Å². The molecule has 0 unspecified atom stereocenters. The van der Waals surface area contributed by atoms with Crippen LogP contribution in [0.5, 0.6) is 0 Å². The van der Waals surface area contributed by atoms with Crippen LogP contribution in [0.2, 0.25) is 0 Å². The van der Waals surface area contributed by atoms with Gasteiger partial charge in [-0.1, -0.05) is 0 Å². The van der Waals surface area contributed by atoms with Gasteiger partial charge in [-0.15, -0.1) is 11.3 Å². The summed E-state index contributed by atoms with van der Waals surface area (Å²) in [6, 6.07) is 8.26. The summed E-state index contributed by atoms with van der Waals surface area (Å²) >= 11 is 1.79. The monoisotopic (exact) mass is 303 g/mol.